The Kier molecular flexibility index (Phi) is 4.42. The molecule has 1 aromatic rings. The smallest absolute Gasteiger partial charge is 0.411 e. The highest BCUT2D eigenvalue weighted by Crippen LogP contribution is 2.43. The number of cyclic esters (lactones) is 1. The van der Waals surface area contributed by atoms with E-state index in [9.17, 15) is 14.4 Å². The predicted molar refractivity (Wildman–Crippen MR) is 91.4 cm³/mol. The van der Waals surface area contributed by atoms with E-state index in [1.165, 1.54) is 4.90 Å². The summed E-state index contributed by atoms with van der Waals surface area (Å²) in [5, 5.41) is 0. The van der Waals surface area contributed by atoms with Crippen molar-refractivity contribution in [2.24, 2.45) is 5.92 Å². The average Bonchev–Trinajstić information content (AvgIpc) is 2.88. The van der Waals surface area contributed by atoms with Crippen LogP contribution in [0.3, 0.4) is 0 Å². The molecule has 2 heterocycles. The fourth-order valence-corrected chi connectivity index (χ4v) is 3.36. The van der Waals surface area contributed by atoms with Crippen LogP contribution in [0.4, 0.5) is 4.79 Å². The van der Waals surface area contributed by atoms with Gasteiger partial charge in [-0.3, -0.25) is 4.90 Å². The molecule has 1 aromatic carbocycles. The standard InChI is InChI=1S/C19H23NO6/c1-12-10-20(17(23)26-18(2,3)4)19(11-24-16(19)22)14(12)25-15(21)13-8-6-5-7-9-13/h5-9,12,14H,10-11H2,1-4H3/t12-,14-,19-/m1/s1. The predicted octanol–water partition coefficient (Wildman–Crippen LogP) is 2.39. The molecule has 2 fully saturated rings. The SMILES string of the molecule is C[C@@H]1CN(C(=O)OC(C)(C)C)[C@]2(COC2=O)[C@@H]1OC(=O)c1ccccc1. The fraction of sp³-hybridized carbons (Fsp3) is 0.526. The van der Waals surface area contributed by atoms with Crippen molar-refractivity contribution in [3.8, 4) is 0 Å². The van der Waals surface area contributed by atoms with Gasteiger partial charge in [-0.2, -0.15) is 0 Å². The minimum absolute atomic E-state index is 0.0118. The third-order valence-corrected chi connectivity index (χ3v) is 4.57. The summed E-state index contributed by atoms with van der Waals surface area (Å²) < 4.78 is 16.1. The average molecular weight is 361 g/mol. The van der Waals surface area contributed by atoms with Gasteiger partial charge in [-0.1, -0.05) is 25.1 Å². The Morgan fingerprint density at radius 3 is 2.38 bits per heavy atom. The molecule has 1 spiro atoms. The second-order valence-electron chi connectivity index (χ2n) is 7.76. The summed E-state index contributed by atoms with van der Waals surface area (Å²) in [6.07, 6.45) is -1.40. The molecule has 0 unspecified atom stereocenters. The Morgan fingerprint density at radius 1 is 1.23 bits per heavy atom. The first-order chi connectivity index (χ1) is 12.1. The molecular formula is C19H23NO6. The first-order valence-corrected chi connectivity index (χ1v) is 8.59. The maximum Gasteiger partial charge on any atom is 0.411 e. The molecule has 2 aliphatic heterocycles. The number of hydrogen-bond donors (Lipinski definition) is 0. The van der Waals surface area contributed by atoms with E-state index in [2.05, 4.69) is 0 Å². The first kappa shape index (κ1) is 18.2. The van der Waals surface area contributed by atoms with Crippen LogP contribution >= 0.6 is 0 Å². The molecule has 0 saturated carbocycles. The van der Waals surface area contributed by atoms with Crippen LogP contribution in [0.15, 0.2) is 30.3 Å². The minimum Gasteiger partial charge on any atom is -0.460 e. The third-order valence-electron chi connectivity index (χ3n) is 4.57. The van der Waals surface area contributed by atoms with E-state index in [1.807, 2.05) is 6.92 Å². The maximum absolute atomic E-state index is 12.6. The molecule has 3 rings (SSSR count). The van der Waals surface area contributed by atoms with E-state index in [0.717, 1.165) is 0 Å². The van der Waals surface area contributed by atoms with Crippen molar-refractivity contribution in [3.05, 3.63) is 35.9 Å². The molecule has 2 aliphatic rings. The highest BCUT2D eigenvalue weighted by Gasteiger charge is 2.68. The van der Waals surface area contributed by atoms with Gasteiger partial charge in [0.25, 0.3) is 0 Å². The Hall–Kier alpha value is -2.57. The van der Waals surface area contributed by atoms with Gasteiger partial charge < -0.3 is 14.2 Å². The topological polar surface area (TPSA) is 82.1 Å². The van der Waals surface area contributed by atoms with Crippen molar-refractivity contribution < 1.29 is 28.6 Å². The van der Waals surface area contributed by atoms with Gasteiger partial charge in [-0.25, -0.2) is 14.4 Å². The molecule has 3 atom stereocenters. The summed E-state index contributed by atoms with van der Waals surface area (Å²) >= 11 is 0. The second kappa shape index (κ2) is 6.30. The summed E-state index contributed by atoms with van der Waals surface area (Å²) in [4.78, 5) is 38.8. The van der Waals surface area contributed by atoms with Crippen LogP contribution in [-0.4, -0.2) is 53.3 Å². The number of carbonyl (C=O) groups excluding carboxylic acids is 3. The van der Waals surface area contributed by atoms with Crippen molar-refractivity contribution >= 4 is 18.0 Å². The zero-order valence-electron chi connectivity index (χ0n) is 15.4. The minimum atomic E-state index is -1.31. The molecule has 0 N–H and O–H groups in total. The lowest BCUT2D eigenvalue weighted by atomic mass is 9.86. The third kappa shape index (κ3) is 3.02. The van der Waals surface area contributed by atoms with E-state index in [0.29, 0.717) is 5.56 Å². The van der Waals surface area contributed by atoms with E-state index in [4.69, 9.17) is 14.2 Å². The largest absolute Gasteiger partial charge is 0.460 e. The molecule has 2 saturated heterocycles. The molecular weight excluding hydrogens is 338 g/mol. The van der Waals surface area contributed by atoms with Gasteiger partial charge in [0.2, 0.25) is 5.54 Å². The van der Waals surface area contributed by atoms with Gasteiger partial charge in [0, 0.05) is 12.5 Å². The first-order valence-electron chi connectivity index (χ1n) is 8.59. The molecule has 0 radical (unpaired) electrons. The molecule has 0 aromatic heterocycles. The summed E-state index contributed by atoms with van der Waals surface area (Å²) in [6.45, 7) is 7.33. The Morgan fingerprint density at radius 2 is 1.88 bits per heavy atom. The number of hydrogen-bond acceptors (Lipinski definition) is 6. The molecule has 0 bridgehead atoms. The second-order valence-corrected chi connectivity index (χ2v) is 7.76. The maximum atomic E-state index is 12.6. The normalized spacial score (nSPS) is 27.7. The molecule has 7 heteroatoms. The van der Waals surface area contributed by atoms with E-state index in [-0.39, 0.29) is 19.1 Å². The van der Waals surface area contributed by atoms with Crippen LogP contribution in [0.1, 0.15) is 38.1 Å². The van der Waals surface area contributed by atoms with E-state index in [1.54, 1.807) is 51.1 Å². The number of carbonyl (C=O) groups is 3. The van der Waals surface area contributed by atoms with Crippen molar-refractivity contribution in [2.75, 3.05) is 13.2 Å². The summed E-state index contributed by atoms with van der Waals surface area (Å²) in [6, 6.07) is 8.53. The molecule has 26 heavy (non-hydrogen) atoms. The highest BCUT2D eigenvalue weighted by atomic mass is 16.6. The number of esters is 2. The van der Waals surface area contributed by atoms with Crippen LogP contribution in [-0.2, 0) is 19.0 Å². The summed E-state index contributed by atoms with van der Waals surface area (Å²) in [7, 11) is 0. The monoisotopic (exact) mass is 361 g/mol. The van der Waals surface area contributed by atoms with Crippen LogP contribution in [0.25, 0.3) is 0 Å². The van der Waals surface area contributed by atoms with Crippen molar-refractivity contribution in [1.82, 2.24) is 4.90 Å². The van der Waals surface area contributed by atoms with Gasteiger partial charge in [0.1, 0.15) is 18.3 Å². The van der Waals surface area contributed by atoms with Crippen LogP contribution in [0.2, 0.25) is 0 Å². The van der Waals surface area contributed by atoms with Gasteiger partial charge in [0.15, 0.2) is 0 Å². The number of ether oxygens (including phenoxy) is 3. The zero-order chi connectivity index (χ0) is 19.1. The Bertz CT molecular complexity index is 725. The van der Waals surface area contributed by atoms with Gasteiger partial charge >= 0.3 is 18.0 Å². The van der Waals surface area contributed by atoms with Gasteiger partial charge in [-0.15, -0.1) is 0 Å². The van der Waals surface area contributed by atoms with Gasteiger partial charge in [0.05, 0.1) is 5.56 Å². The van der Waals surface area contributed by atoms with Crippen LogP contribution < -0.4 is 0 Å². The molecule has 7 nitrogen and oxygen atoms in total. The Labute approximate surface area is 152 Å². The lowest BCUT2D eigenvalue weighted by molar-refractivity contribution is -0.195. The zero-order valence-corrected chi connectivity index (χ0v) is 15.4. The quantitative estimate of drug-likeness (QED) is 0.594. The number of rotatable bonds is 2. The van der Waals surface area contributed by atoms with Crippen molar-refractivity contribution in [2.45, 2.75) is 44.9 Å². The highest BCUT2D eigenvalue weighted by molar-refractivity contribution is 5.94. The van der Waals surface area contributed by atoms with Crippen molar-refractivity contribution in [1.29, 1.82) is 0 Å². The number of amides is 1. The Balaban J connectivity index is 1.85. The fourth-order valence-electron chi connectivity index (χ4n) is 3.36. The summed E-state index contributed by atoms with van der Waals surface area (Å²) in [5.74, 6) is -1.34. The number of likely N-dealkylation sites (tertiary alicyclic amines) is 1. The lowest BCUT2D eigenvalue weighted by Gasteiger charge is -2.45. The molecule has 0 aliphatic carbocycles. The molecule has 140 valence electrons. The number of benzene rings is 1. The number of nitrogens with zero attached hydrogens (tertiary/aromatic N) is 1. The van der Waals surface area contributed by atoms with Gasteiger partial charge in [-0.05, 0) is 32.9 Å². The van der Waals surface area contributed by atoms with Crippen LogP contribution in [0, 0.1) is 5.92 Å². The van der Waals surface area contributed by atoms with Crippen molar-refractivity contribution in [3.63, 3.8) is 0 Å². The van der Waals surface area contributed by atoms with Crippen LogP contribution in [0.5, 0.6) is 0 Å². The molecule has 1 amide bonds. The summed E-state index contributed by atoms with van der Waals surface area (Å²) in [5.41, 5.74) is -1.63. The van der Waals surface area contributed by atoms with E-state index < -0.39 is 35.3 Å². The van der Waals surface area contributed by atoms with E-state index >= 15 is 0 Å². The lowest BCUT2D eigenvalue weighted by Crippen LogP contribution is -2.70.